The normalized spacial score (nSPS) is 47.1. The number of hydrogen-bond acceptors (Lipinski definition) is 2. The number of rotatable bonds is 1. The van der Waals surface area contributed by atoms with Crippen LogP contribution in [0.3, 0.4) is 0 Å². The topological polar surface area (TPSA) is 26.3 Å². The fourth-order valence-corrected chi connectivity index (χ4v) is 3.31. The summed E-state index contributed by atoms with van der Waals surface area (Å²) in [4.78, 5) is 10.9. The summed E-state index contributed by atoms with van der Waals surface area (Å²) in [5, 5.41) is 0. The molecule has 0 aromatic rings. The lowest BCUT2D eigenvalue weighted by Crippen LogP contribution is -2.27. The van der Waals surface area contributed by atoms with Gasteiger partial charge in [0.1, 0.15) is 6.10 Å². The smallest absolute Gasteiger partial charge is 0.303 e. The first-order chi connectivity index (χ1) is 6.75. The zero-order valence-electron chi connectivity index (χ0n) is 8.22. The fourth-order valence-electron chi connectivity index (χ4n) is 3.31. The van der Waals surface area contributed by atoms with Crippen LogP contribution in [0.4, 0.5) is 0 Å². The maximum atomic E-state index is 10.9. The molecule has 0 aliphatic heterocycles. The predicted octanol–water partition coefficient (Wildman–Crippen LogP) is 1.93. The number of hydrogen-bond donors (Lipinski definition) is 0. The Hall–Kier alpha value is -1.05. The van der Waals surface area contributed by atoms with Crippen LogP contribution in [0.1, 0.15) is 13.3 Å². The van der Waals surface area contributed by atoms with E-state index in [1.54, 1.807) is 0 Å². The molecular formula is C12H14O2. The fraction of sp³-hybridized carbons (Fsp3) is 0.583. The van der Waals surface area contributed by atoms with Crippen molar-refractivity contribution in [1.29, 1.82) is 0 Å². The minimum absolute atomic E-state index is 0.0393. The number of allylic oxidation sites excluding steroid dienone is 3. The monoisotopic (exact) mass is 190 g/mol. The zero-order valence-corrected chi connectivity index (χ0v) is 8.22. The summed E-state index contributed by atoms with van der Waals surface area (Å²) in [5.74, 6) is 2.36. The highest BCUT2D eigenvalue weighted by Gasteiger charge is 2.49. The van der Waals surface area contributed by atoms with E-state index in [1.807, 2.05) is 0 Å². The zero-order chi connectivity index (χ0) is 9.71. The molecule has 0 radical (unpaired) electrons. The summed E-state index contributed by atoms with van der Waals surface area (Å²) in [6.45, 7) is 1.49. The minimum atomic E-state index is -0.160. The van der Waals surface area contributed by atoms with Gasteiger partial charge < -0.3 is 4.74 Å². The van der Waals surface area contributed by atoms with Gasteiger partial charge in [-0.2, -0.15) is 0 Å². The van der Waals surface area contributed by atoms with E-state index >= 15 is 0 Å². The van der Waals surface area contributed by atoms with Crippen LogP contribution >= 0.6 is 0 Å². The van der Waals surface area contributed by atoms with Gasteiger partial charge in [0, 0.05) is 12.8 Å². The van der Waals surface area contributed by atoms with Crippen LogP contribution in [0.15, 0.2) is 24.3 Å². The van der Waals surface area contributed by atoms with Gasteiger partial charge in [-0.1, -0.05) is 18.2 Å². The molecule has 1 saturated carbocycles. The van der Waals surface area contributed by atoms with Gasteiger partial charge in [-0.25, -0.2) is 0 Å². The number of fused-ring (bicyclic) bond motifs is 5. The first-order valence-corrected chi connectivity index (χ1v) is 5.29. The van der Waals surface area contributed by atoms with Gasteiger partial charge in [-0.3, -0.25) is 4.79 Å². The molecular weight excluding hydrogens is 176 g/mol. The number of esters is 1. The molecule has 2 heteroatoms. The molecule has 2 nitrogen and oxygen atoms in total. The number of carbonyl (C=O) groups excluding carboxylic acids is 1. The Labute approximate surface area is 83.6 Å². The maximum absolute atomic E-state index is 10.9. The van der Waals surface area contributed by atoms with E-state index in [9.17, 15) is 4.79 Å². The lowest BCUT2D eigenvalue weighted by molar-refractivity contribution is -0.146. The Morgan fingerprint density at radius 3 is 2.79 bits per heavy atom. The first-order valence-electron chi connectivity index (χ1n) is 5.29. The molecule has 0 aromatic carbocycles. The van der Waals surface area contributed by atoms with Gasteiger partial charge in [0.25, 0.3) is 0 Å². The third-order valence-corrected chi connectivity index (χ3v) is 3.79. The standard InChI is InChI=1S/C12H14O2/c1-7(13)14-11-5-4-10-8-2-3-9(6-8)12(10)11/h2-5,8-12H,6H2,1H3/t8-,9+,10-,11-,12+/m1/s1. The quantitative estimate of drug-likeness (QED) is 0.466. The second-order valence-electron chi connectivity index (χ2n) is 4.56. The van der Waals surface area contributed by atoms with Gasteiger partial charge in [0.15, 0.2) is 0 Å². The molecule has 0 aromatic heterocycles. The second-order valence-corrected chi connectivity index (χ2v) is 4.56. The Balaban J connectivity index is 1.82. The van der Waals surface area contributed by atoms with Crippen molar-refractivity contribution in [1.82, 2.24) is 0 Å². The molecule has 3 rings (SSSR count). The van der Waals surface area contributed by atoms with Crippen molar-refractivity contribution in [3.05, 3.63) is 24.3 Å². The molecule has 14 heavy (non-hydrogen) atoms. The molecule has 0 amide bonds. The van der Waals surface area contributed by atoms with Crippen molar-refractivity contribution >= 4 is 5.97 Å². The van der Waals surface area contributed by atoms with E-state index in [1.165, 1.54) is 13.3 Å². The average molecular weight is 190 g/mol. The molecule has 2 bridgehead atoms. The Morgan fingerprint density at radius 1 is 1.21 bits per heavy atom. The maximum Gasteiger partial charge on any atom is 0.303 e. The molecule has 0 N–H and O–H groups in total. The van der Waals surface area contributed by atoms with E-state index < -0.39 is 0 Å². The highest BCUT2D eigenvalue weighted by Crippen LogP contribution is 2.53. The van der Waals surface area contributed by atoms with Crippen molar-refractivity contribution in [2.75, 3.05) is 0 Å². The van der Waals surface area contributed by atoms with E-state index in [2.05, 4.69) is 24.3 Å². The summed E-state index contributed by atoms with van der Waals surface area (Å²) in [6.07, 6.45) is 10.2. The highest BCUT2D eigenvalue weighted by molar-refractivity contribution is 5.66. The molecule has 0 saturated heterocycles. The highest BCUT2D eigenvalue weighted by atomic mass is 16.5. The largest absolute Gasteiger partial charge is 0.458 e. The number of carbonyl (C=O) groups is 1. The summed E-state index contributed by atoms with van der Waals surface area (Å²) in [6, 6.07) is 0. The molecule has 1 fully saturated rings. The van der Waals surface area contributed by atoms with Gasteiger partial charge >= 0.3 is 5.97 Å². The van der Waals surface area contributed by atoms with E-state index in [0.29, 0.717) is 23.7 Å². The molecule has 0 unspecified atom stereocenters. The second kappa shape index (κ2) is 2.72. The number of ether oxygens (including phenoxy) is 1. The summed E-state index contributed by atoms with van der Waals surface area (Å²) in [7, 11) is 0. The van der Waals surface area contributed by atoms with Crippen LogP contribution in [-0.2, 0) is 9.53 Å². The minimum Gasteiger partial charge on any atom is -0.458 e. The first kappa shape index (κ1) is 8.27. The Kier molecular flexibility index (Phi) is 1.61. The van der Waals surface area contributed by atoms with Crippen LogP contribution in [0, 0.1) is 23.7 Å². The van der Waals surface area contributed by atoms with Gasteiger partial charge in [0.2, 0.25) is 0 Å². The van der Waals surface area contributed by atoms with Gasteiger partial charge in [-0.05, 0) is 30.3 Å². The molecule has 3 aliphatic carbocycles. The molecule has 3 aliphatic rings. The van der Waals surface area contributed by atoms with E-state index in [4.69, 9.17) is 4.74 Å². The predicted molar refractivity (Wildman–Crippen MR) is 52.4 cm³/mol. The van der Waals surface area contributed by atoms with Crippen LogP contribution in [-0.4, -0.2) is 12.1 Å². The average Bonchev–Trinajstić information content (AvgIpc) is 2.74. The van der Waals surface area contributed by atoms with Crippen molar-refractivity contribution in [3.8, 4) is 0 Å². The Morgan fingerprint density at radius 2 is 2.00 bits per heavy atom. The summed E-state index contributed by atoms with van der Waals surface area (Å²) >= 11 is 0. The third kappa shape index (κ3) is 0.999. The van der Waals surface area contributed by atoms with Crippen molar-refractivity contribution in [2.45, 2.75) is 19.4 Å². The summed E-state index contributed by atoms with van der Waals surface area (Å²) in [5.41, 5.74) is 0. The van der Waals surface area contributed by atoms with Gasteiger partial charge in [0.05, 0.1) is 0 Å². The van der Waals surface area contributed by atoms with Crippen LogP contribution in [0.25, 0.3) is 0 Å². The van der Waals surface area contributed by atoms with Crippen LogP contribution < -0.4 is 0 Å². The lowest BCUT2D eigenvalue weighted by Gasteiger charge is -2.25. The Bertz CT molecular complexity index is 329. The molecule has 0 heterocycles. The van der Waals surface area contributed by atoms with Crippen molar-refractivity contribution < 1.29 is 9.53 Å². The van der Waals surface area contributed by atoms with Crippen molar-refractivity contribution in [3.63, 3.8) is 0 Å². The molecule has 5 atom stereocenters. The van der Waals surface area contributed by atoms with E-state index in [0.717, 1.165) is 0 Å². The SMILES string of the molecule is CC(=O)O[C@@H]1C=C[C@H]2[C@@H]1[C@H]1C=C[C@@H]2C1. The molecule has 0 spiro atoms. The third-order valence-electron chi connectivity index (χ3n) is 3.79. The van der Waals surface area contributed by atoms with Crippen LogP contribution in [0.5, 0.6) is 0 Å². The van der Waals surface area contributed by atoms with E-state index in [-0.39, 0.29) is 12.1 Å². The summed E-state index contributed by atoms with van der Waals surface area (Å²) < 4.78 is 5.32. The van der Waals surface area contributed by atoms with Crippen LogP contribution in [0.2, 0.25) is 0 Å². The van der Waals surface area contributed by atoms with Crippen molar-refractivity contribution in [2.24, 2.45) is 23.7 Å². The molecule has 74 valence electrons. The van der Waals surface area contributed by atoms with Gasteiger partial charge in [-0.15, -0.1) is 0 Å². The lowest BCUT2D eigenvalue weighted by atomic mass is 9.84.